The molecule has 4 saturated carbocycles. The van der Waals surface area contributed by atoms with Crippen LogP contribution in [0.25, 0.3) is 0 Å². The highest BCUT2D eigenvalue weighted by Gasteiger charge is 2.53. The van der Waals surface area contributed by atoms with E-state index in [-0.39, 0.29) is 23.8 Å². The standard InChI is InChI=1S/C14H26N2O2S/c1-10(16-19(17,18)3-2-15)14-7-11-4-12(8-14)6-13(5-11)9-14/h10-13,16H,2-9,15H2,1H3. The van der Waals surface area contributed by atoms with Gasteiger partial charge in [-0.3, -0.25) is 0 Å². The molecule has 0 heterocycles. The molecule has 4 nitrogen and oxygen atoms in total. The molecule has 0 radical (unpaired) electrons. The maximum absolute atomic E-state index is 11.9. The van der Waals surface area contributed by atoms with Crippen molar-refractivity contribution in [2.75, 3.05) is 12.3 Å². The fourth-order valence-electron chi connectivity index (χ4n) is 5.32. The molecule has 0 saturated heterocycles. The number of rotatable bonds is 5. The molecule has 4 rings (SSSR count). The smallest absolute Gasteiger partial charge is 0.213 e. The fourth-order valence-corrected chi connectivity index (χ4v) is 6.53. The second-order valence-electron chi connectivity index (χ2n) is 7.23. The van der Waals surface area contributed by atoms with Gasteiger partial charge in [0.15, 0.2) is 0 Å². The monoisotopic (exact) mass is 286 g/mol. The predicted octanol–water partition coefficient (Wildman–Crippen LogP) is 1.47. The summed E-state index contributed by atoms with van der Waals surface area (Å²) in [5.74, 6) is 2.61. The van der Waals surface area contributed by atoms with Gasteiger partial charge >= 0.3 is 0 Å². The highest BCUT2D eigenvalue weighted by atomic mass is 32.2. The van der Waals surface area contributed by atoms with Gasteiger partial charge in [-0.15, -0.1) is 0 Å². The highest BCUT2D eigenvalue weighted by Crippen LogP contribution is 2.61. The third-order valence-corrected chi connectivity index (χ3v) is 7.23. The van der Waals surface area contributed by atoms with Gasteiger partial charge in [0.1, 0.15) is 0 Å². The first-order chi connectivity index (χ1) is 8.92. The molecule has 0 aromatic rings. The molecule has 110 valence electrons. The van der Waals surface area contributed by atoms with Gasteiger partial charge in [0, 0.05) is 12.6 Å². The van der Waals surface area contributed by atoms with Crippen molar-refractivity contribution in [3.63, 3.8) is 0 Å². The topological polar surface area (TPSA) is 72.2 Å². The zero-order chi connectivity index (χ0) is 13.7. The van der Waals surface area contributed by atoms with Crippen molar-refractivity contribution in [1.29, 1.82) is 0 Å². The molecule has 19 heavy (non-hydrogen) atoms. The van der Waals surface area contributed by atoms with Gasteiger partial charge in [0.25, 0.3) is 0 Å². The van der Waals surface area contributed by atoms with Crippen LogP contribution in [0.15, 0.2) is 0 Å². The molecule has 4 bridgehead atoms. The zero-order valence-electron chi connectivity index (χ0n) is 11.8. The van der Waals surface area contributed by atoms with Gasteiger partial charge in [-0.25, -0.2) is 13.1 Å². The summed E-state index contributed by atoms with van der Waals surface area (Å²) < 4.78 is 26.8. The summed E-state index contributed by atoms with van der Waals surface area (Å²) >= 11 is 0. The van der Waals surface area contributed by atoms with E-state index in [1.54, 1.807) is 0 Å². The van der Waals surface area contributed by atoms with Crippen molar-refractivity contribution < 1.29 is 8.42 Å². The quantitative estimate of drug-likeness (QED) is 0.804. The minimum Gasteiger partial charge on any atom is -0.329 e. The van der Waals surface area contributed by atoms with Crippen LogP contribution in [0.4, 0.5) is 0 Å². The van der Waals surface area contributed by atoms with Gasteiger partial charge in [-0.05, 0) is 68.6 Å². The second kappa shape index (κ2) is 4.71. The van der Waals surface area contributed by atoms with E-state index in [4.69, 9.17) is 5.73 Å². The molecular weight excluding hydrogens is 260 g/mol. The number of nitrogens with one attached hydrogen (secondary N) is 1. The van der Waals surface area contributed by atoms with Crippen LogP contribution < -0.4 is 10.5 Å². The molecule has 0 aromatic carbocycles. The number of sulfonamides is 1. The van der Waals surface area contributed by atoms with Crippen molar-refractivity contribution in [3.05, 3.63) is 0 Å². The van der Waals surface area contributed by atoms with Crippen molar-refractivity contribution in [2.24, 2.45) is 28.9 Å². The van der Waals surface area contributed by atoms with Crippen LogP contribution in [0.5, 0.6) is 0 Å². The van der Waals surface area contributed by atoms with Crippen molar-refractivity contribution >= 4 is 10.0 Å². The summed E-state index contributed by atoms with van der Waals surface area (Å²) in [6, 6.07) is 0.0671. The van der Waals surface area contributed by atoms with E-state index in [0.717, 1.165) is 17.8 Å². The highest BCUT2D eigenvalue weighted by molar-refractivity contribution is 7.89. The maximum Gasteiger partial charge on any atom is 0.213 e. The maximum atomic E-state index is 11.9. The average Bonchev–Trinajstić information content (AvgIpc) is 2.25. The Hall–Kier alpha value is -0.130. The van der Waals surface area contributed by atoms with Crippen LogP contribution in [0, 0.1) is 23.2 Å². The third-order valence-electron chi connectivity index (χ3n) is 5.75. The Morgan fingerprint density at radius 2 is 1.63 bits per heavy atom. The summed E-state index contributed by atoms with van der Waals surface area (Å²) in [7, 11) is -3.20. The Morgan fingerprint density at radius 3 is 2.05 bits per heavy atom. The SMILES string of the molecule is CC(NS(=O)(=O)CCN)C12CC3CC(CC(C3)C1)C2. The molecule has 4 aliphatic rings. The molecule has 0 spiro atoms. The van der Waals surface area contributed by atoms with Crippen LogP contribution in [0.3, 0.4) is 0 Å². The number of hydrogen-bond acceptors (Lipinski definition) is 3. The van der Waals surface area contributed by atoms with Crippen LogP contribution >= 0.6 is 0 Å². The van der Waals surface area contributed by atoms with E-state index in [1.165, 1.54) is 38.5 Å². The third kappa shape index (κ3) is 2.57. The van der Waals surface area contributed by atoms with Gasteiger partial charge < -0.3 is 5.73 Å². The largest absolute Gasteiger partial charge is 0.329 e. The molecule has 4 aliphatic carbocycles. The van der Waals surface area contributed by atoms with E-state index in [9.17, 15) is 8.42 Å². The summed E-state index contributed by atoms with van der Waals surface area (Å²) in [5, 5.41) is 0. The first-order valence-corrected chi connectivity index (χ1v) is 9.28. The first kappa shape index (κ1) is 13.8. The zero-order valence-corrected chi connectivity index (χ0v) is 12.6. The summed E-state index contributed by atoms with van der Waals surface area (Å²) in [6.07, 6.45) is 7.85. The molecule has 5 heteroatoms. The Balaban J connectivity index is 1.74. The molecule has 3 N–H and O–H groups in total. The van der Waals surface area contributed by atoms with Gasteiger partial charge in [-0.2, -0.15) is 0 Å². The minimum absolute atomic E-state index is 0.0453. The van der Waals surface area contributed by atoms with Crippen LogP contribution in [0.2, 0.25) is 0 Å². The van der Waals surface area contributed by atoms with Crippen LogP contribution in [-0.2, 0) is 10.0 Å². The molecule has 1 atom stereocenters. The van der Waals surface area contributed by atoms with Gasteiger partial charge in [0.05, 0.1) is 5.75 Å². The molecule has 1 unspecified atom stereocenters. The lowest BCUT2D eigenvalue weighted by molar-refractivity contribution is -0.0666. The van der Waals surface area contributed by atoms with Crippen LogP contribution in [-0.4, -0.2) is 26.8 Å². The summed E-state index contributed by atoms with van der Waals surface area (Å²) in [4.78, 5) is 0. The number of nitrogens with two attached hydrogens (primary N) is 1. The Labute approximate surface area is 116 Å². The van der Waals surface area contributed by atoms with E-state index < -0.39 is 10.0 Å². The Kier molecular flexibility index (Phi) is 3.43. The Morgan fingerprint density at radius 1 is 1.16 bits per heavy atom. The molecule has 0 aromatic heterocycles. The van der Waals surface area contributed by atoms with E-state index in [0.29, 0.717) is 0 Å². The van der Waals surface area contributed by atoms with E-state index in [1.807, 2.05) is 0 Å². The number of hydrogen-bond donors (Lipinski definition) is 2. The fraction of sp³-hybridized carbons (Fsp3) is 1.00. The van der Waals surface area contributed by atoms with Crippen molar-refractivity contribution in [3.8, 4) is 0 Å². The first-order valence-electron chi connectivity index (χ1n) is 7.62. The molecule has 0 aliphatic heterocycles. The van der Waals surface area contributed by atoms with Gasteiger partial charge in [0.2, 0.25) is 10.0 Å². The van der Waals surface area contributed by atoms with E-state index in [2.05, 4.69) is 11.6 Å². The van der Waals surface area contributed by atoms with Crippen molar-refractivity contribution in [1.82, 2.24) is 4.72 Å². The van der Waals surface area contributed by atoms with Gasteiger partial charge in [-0.1, -0.05) is 0 Å². The predicted molar refractivity (Wildman–Crippen MR) is 76.0 cm³/mol. The van der Waals surface area contributed by atoms with Crippen molar-refractivity contribution in [2.45, 2.75) is 51.5 Å². The summed E-state index contributed by atoms with van der Waals surface area (Å²) in [6.45, 7) is 2.27. The average molecular weight is 286 g/mol. The molecule has 0 amide bonds. The lowest BCUT2D eigenvalue weighted by atomic mass is 9.48. The molecule has 4 fully saturated rings. The lowest BCUT2D eigenvalue weighted by Crippen LogP contribution is -2.56. The molecular formula is C14H26N2O2S. The summed E-state index contributed by atoms with van der Waals surface area (Å²) in [5.41, 5.74) is 5.61. The second-order valence-corrected chi connectivity index (χ2v) is 9.10. The Bertz CT molecular complexity index is 411. The lowest BCUT2D eigenvalue weighted by Gasteiger charge is -2.59. The van der Waals surface area contributed by atoms with E-state index >= 15 is 0 Å². The minimum atomic E-state index is -3.20. The normalized spacial score (nSPS) is 42.5. The van der Waals surface area contributed by atoms with Crippen LogP contribution in [0.1, 0.15) is 45.4 Å².